The summed E-state index contributed by atoms with van der Waals surface area (Å²) in [5, 5.41) is 4.02. The van der Waals surface area contributed by atoms with E-state index in [1.54, 1.807) is 18.2 Å². The van der Waals surface area contributed by atoms with Gasteiger partial charge in [-0.15, -0.1) is 0 Å². The smallest absolute Gasteiger partial charge is 0.365 e. The molecule has 1 aliphatic rings. The van der Waals surface area contributed by atoms with Gasteiger partial charge >= 0.3 is 5.97 Å². The molecule has 2 aromatic carbocycles. The van der Waals surface area contributed by atoms with Crippen LogP contribution in [0.4, 0.5) is 0 Å². The second-order valence-electron chi connectivity index (χ2n) is 7.02. The number of nitrogens with one attached hydrogen (secondary N) is 2. The van der Waals surface area contributed by atoms with Gasteiger partial charge in [0.05, 0.1) is 13.2 Å². The fraction of sp³-hybridized carbons (Fsp3) is 0.333. The van der Waals surface area contributed by atoms with Gasteiger partial charge in [0, 0.05) is 22.0 Å². The number of hydrogen-bond donors (Lipinski definition) is 2. The van der Waals surface area contributed by atoms with Gasteiger partial charge in [-0.1, -0.05) is 53.5 Å². The summed E-state index contributed by atoms with van der Waals surface area (Å²) in [6.45, 7) is 2.63. The van der Waals surface area contributed by atoms with Crippen LogP contribution in [0.25, 0.3) is 0 Å². The molecule has 1 aliphatic heterocycles. The number of benzene rings is 2. The lowest BCUT2D eigenvalue weighted by Crippen LogP contribution is -3.17. The molecule has 0 spiro atoms. The number of carbonyl (C=O) groups is 2. The Kier molecular flexibility index (Phi) is 6.60. The van der Waals surface area contributed by atoms with Gasteiger partial charge in [0.2, 0.25) is 0 Å². The second kappa shape index (κ2) is 8.95. The van der Waals surface area contributed by atoms with Crippen LogP contribution < -0.4 is 10.2 Å². The maximum absolute atomic E-state index is 12.7. The molecule has 2 aromatic rings. The lowest BCUT2D eigenvalue weighted by Gasteiger charge is -2.32. The molecule has 0 bridgehead atoms. The number of methoxy groups -OCH3 is 1. The average molecular weight is 422 g/mol. The quantitative estimate of drug-likeness (QED) is 0.728. The molecular weight excluding hydrogens is 399 g/mol. The Hall–Kier alpha value is -2.08. The minimum absolute atomic E-state index is 0.151. The summed E-state index contributed by atoms with van der Waals surface area (Å²) >= 11 is 12.2. The van der Waals surface area contributed by atoms with Crippen LogP contribution in [0.15, 0.2) is 42.5 Å². The molecule has 5 nitrogen and oxygen atoms in total. The summed E-state index contributed by atoms with van der Waals surface area (Å²) in [6, 6.07) is 12.5. The standard InChI is InChI=1S/C21H22Cl2N2O3/c1-13(17-8-7-16(22)10-18(17)23)24-20(26)12-25-11-15-6-4-3-5-14(15)9-19(25)21(27)28-2/h3-8,10,13,19H,9,11-12H2,1-2H3,(H,24,26)/p+1/t13-,19-/m1/s1. The number of ether oxygens (including phenoxy) is 1. The molecular formula is C21H23Cl2N2O3+. The Balaban J connectivity index is 1.71. The normalized spacial score (nSPS) is 19.4. The zero-order valence-corrected chi connectivity index (χ0v) is 17.3. The van der Waals surface area contributed by atoms with Crippen molar-refractivity contribution in [2.75, 3.05) is 13.7 Å². The monoisotopic (exact) mass is 421 g/mol. The van der Waals surface area contributed by atoms with Crippen molar-refractivity contribution >= 4 is 35.1 Å². The Morgan fingerprint density at radius 3 is 2.61 bits per heavy atom. The first kappa shape index (κ1) is 20.6. The van der Waals surface area contributed by atoms with Gasteiger partial charge in [-0.05, 0) is 30.2 Å². The fourth-order valence-corrected chi connectivity index (χ4v) is 4.24. The molecule has 148 valence electrons. The second-order valence-corrected chi connectivity index (χ2v) is 7.86. The van der Waals surface area contributed by atoms with Crippen LogP contribution in [0.5, 0.6) is 0 Å². The molecule has 0 radical (unpaired) electrons. The molecule has 0 saturated carbocycles. The van der Waals surface area contributed by atoms with E-state index in [2.05, 4.69) is 5.32 Å². The van der Waals surface area contributed by atoms with Crippen molar-refractivity contribution in [3.63, 3.8) is 0 Å². The molecule has 28 heavy (non-hydrogen) atoms. The summed E-state index contributed by atoms with van der Waals surface area (Å²) in [7, 11) is 1.38. The number of hydrogen-bond acceptors (Lipinski definition) is 3. The SMILES string of the molecule is COC(=O)[C@H]1Cc2ccccc2C[NH+]1CC(=O)N[C@H](C)c1ccc(Cl)cc1Cl. The molecule has 1 unspecified atom stereocenters. The van der Waals surface area contributed by atoms with Crippen LogP contribution in [-0.2, 0) is 27.3 Å². The maximum Gasteiger partial charge on any atom is 0.365 e. The summed E-state index contributed by atoms with van der Waals surface area (Å²) in [5.74, 6) is -0.451. The van der Waals surface area contributed by atoms with E-state index in [4.69, 9.17) is 27.9 Å². The van der Waals surface area contributed by atoms with E-state index in [9.17, 15) is 9.59 Å². The van der Waals surface area contributed by atoms with Crippen molar-refractivity contribution in [2.24, 2.45) is 0 Å². The van der Waals surface area contributed by atoms with Crippen LogP contribution in [0.3, 0.4) is 0 Å². The van der Waals surface area contributed by atoms with Crippen LogP contribution in [0.2, 0.25) is 10.0 Å². The Bertz CT molecular complexity index is 888. The molecule has 7 heteroatoms. The maximum atomic E-state index is 12.7. The molecule has 3 atom stereocenters. The predicted octanol–water partition coefficient (Wildman–Crippen LogP) is 2.35. The minimum atomic E-state index is -0.403. The van der Waals surface area contributed by atoms with Gasteiger partial charge in [-0.2, -0.15) is 0 Å². The van der Waals surface area contributed by atoms with E-state index in [0.29, 0.717) is 23.0 Å². The molecule has 0 fully saturated rings. The van der Waals surface area contributed by atoms with E-state index in [0.717, 1.165) is 21.6 Å². The highest BCUT2D eigenvalue weighted by molar-refractivity contribution is 6.35. The lowest BCUT2D eigenvalue weighted by atomic mass is 9.94. The molecule has 1 amide bonds. The third-order valence-electron chi connectivity index (χ3n) is 5.13. The number of fused-ring (bicyclic) bond motifs is 1. The van der Waals surface area contributed by atoms with Crippen LogP contribution >= 0.6 is 23.2 Å². The third-order valence-corrected chi connectivity index (χ3v) is 5.69. The van der Waals surface area contributed by atoms with Gasteiger partial charge in [-0.3, -0.25) is 4.79 Å². The zero-order chi connectivity index (χ0) is 20.3. The molecule has 1 heterocycles. The largest absolute Gasteiger partial charge is 0.465 e. The highest BCUT2D eigenvalue weighted by Gasteiger charge is 2.37. The van der Waals surface area contributed by atoms with E-state index >= 15 is 0 Å². The van der Waals surface area contributed by atoms with Crippen molar-refractivity contribution in [3.8, 4) is 0 Å². The molecule has 0 saturated heterocycles. The molecule has 0 aliphatic carbocycles. The lowest BCUT2D eigenvalue weighted by molar-refractivity contribution is -0.924. The number of rotatable bonds is 5. The van der Waals surface area contributed by atoms with Gasteiger partial charge in [0.1, 0.15) is 6.54 Å². The first-order valence-corrected chi connectivity index (χ1v) is 9.88. The van der Waals surface area contributed by atoms with Gasteiger partial charge in [0.25, 0.3) is 5.91 Å². The van der Waals surface area contributed by atoms with Crippen LogP contribution in [0.1, 0.15) is 29.7 Å². The first-order chi connectivity index (χ1) is 13.4. The van der Waals surface area contributed by atoms with Crippen molar-refractivity contribution in [1.82, 2.24) is 5.32 Å². The van der Waals surface area contributed by atoms with Crippen molar-refractivity contribution in [1.29, 1.82) is 0 Å². The van der Waals surface area contributed by atoms with Gasteiger partial charge in [0.15, 0.2) is 12.6 Å². The Morgan fingerprint density at radius 2 is 1.93 bits per heavy atom. The highest BCUT2D eigenvalue weighted by Crippen LogP contribution is 2.26. The first-order valence-electron chi connectivity index (χ1n) is 9.12. The fourth-order valence-electron chi connectivity index (χ4n) is 3.67. The van der Waals surface area contributed by atoms with Crippen molar-refractivity contribution < 1.29 is 19.2 Å². The van der Waals surface area contributed by atoms with Crippen molar-refractivity contribution in [2.45, 2.75) is 32.0 Å². The molecule has 2 N–H and O–H groups in total. The molecule has 3 rings (SSSR count). The number of halogens is 2. The topological polar surface area (TPSA) is 59.8 Å². The number of carbonyl (C=O) groups excluding carboxylic acids is 2. The zero-order valence-electron chi connectivity index (χ0n) is 15.8. The van der Waals surface area contributed by atoms with Crippen LogP contribution in [0, 0.1) is 0 Å². The Labute approximate surface area is 174 Å². The number of quaternary nitrogens is 1. The summed E-state index contributed by atoms with van der Waals surface area (Å²) in [5.41, 5.74) is 3.07. The number of esters is 1. The van der Waals surface area contributed by atoms with Crippen LogP contribution in [-0.4, -0.2) is 31.6 Å². The van der Waals surface area contributed by atoms with Gasteiger partial charge in [-0.25, -0.2) is 4.79 Å². The molecule has 0 aromatic heterocycles. The third kappa shape index (κ3) is 4.66. The van der Waals surface area contributed by atoms with Crippen molar-refractivity contribution in [3.05, 3.63) is 69.2 Å². The van der Waals surface area contributed by atoms with E-state index in [1.165, 1.54) is 7.11 Å². The average Bonchev–Trinajstić information content (AvgIpc) is 2.66. The minimum Gasteiger partial charge on any atom is -0.465 e. The summed E-state index contributed by atoms with van der Waals surface area (Å²) in [6.07, 6.45) is 0.560. The Morgan fingerprint density at radius 1 is 1.21 bits per heavy atom. The van der Waals surface area contributed by atoms with E-state index in [1.807, 2.05) is 31.2 Å². The van der Waals surface area contributed by atoms with Gasteiger partial charge < -0.3 is 15.0 Å². The van der Waals surface area contributed by atoms with E-state index in [-0.39, 0.29) is 24.5 Å². The van der Waals surface area contributed by atoms with E-state index < -0.39 is 6.04 Å². The predicted molar refractivity (Wildman–Crippen MR) is 109 cm³/mol. The summed E-state index contributed by atoms with van der Waals surface area (Å²) < 4.78 is 4.97. The number of amides is 1. The highest BCUT2D eigenvalue weighted by atomic mass is 35.5. The summed E-state index contributed by atoms with van der Waals surface area (Å²) in [4.78, 5) is 25.8.